The highest BCUT2D eigenvalue weighted by atomic mass is 79.9. The number of hydroxylamine groups is 1. The molecule has 0 heterocycles. The molecule has 1 rings (SSSR count). The molecular weight excluding hydrogens is 261 g/mol. The maximum absolute atomic E-state index is 13.6. The Morgan fingerprint density at radius 3 is 2.67 bits per heavy atom. The lowest BCUT2D eigenvalue weighted by molar-refractivity contribution is 0.0859. The SMILES string of the molecule is CONCc1cc(C(C)C)cc(Br)c1F. The second-order valence-electron chi connectivity index (χ2n) is 3.66. The van der Waals surface area contributed by atoms with Crippen molar-refractivity contribution in [1.29, 1.82) is 0 Å². The summed E-state index contributed by atoms with van der Waals surface area (Å²) in [6.07, 6.45) is 0. The fourth-order valence-corrected chi connectivity index (χ4v) is 1.80. The van der Waals surface area contributed by atoms with Crippen LogP contribution in [-0.4, -0.2) is 7.11 Å². The van der Waals surface area contributed by atoms with Crippen molar-refractivity contribution < 1.29 is 9.23 Å². The number of rotatable bonds is 4. The van der Waals surface area contributed by atoms with Gasteiger partial charge in [-0.15, -0.1) is 0 Å². The number of nitrogens with one attached hydrogen (secondary N) is 1. The molecule has 0 atom stereocenters. The van der Waals surface area contributed by atoms with Gasteiger partial charge in [0.25, 0.3) is 0 Å². The average molecular weight is 276 g/mol. The van der Waals surface area contributed by atoms with Crippen molar-refractivity contribution in [2.75, 3.05) is 7.11 Å². The second-order valence-corrected chi connectivity index (χ2v) is 4.51. The van der Waals surface area contributed by atoms with E-state index in [0.29, 0.717) is 22.5 Å². The van der Waals surface area contributed by atoms with E-state index in [1.54, 1.807) is 0 Å². The van der Waals surface area contributed by atoms with Crippen LogP contribution in [0.5, 0.6) is 0 Å². The van der Waals surface area contributed by atoms with Crippen LogP contribution in [0, 0.1) is 5.82 Å². The van der Waals surface area contributed by atoms with E-state index in [9.17, 15) is 4.39 Å². The van der Waals surface area contributed by atoms with E-state index < -0.39 is 0 Å². The van der Waals surface area contributed by atoms with Gasteiger partial charge in [0.1, 0.15) is 5.82 Å². The lowest BCUT2D eigenvalue weighted by atomic mass is 10.0. The molecule has 2 nitrogen and oxygen atoms in total. The molecule has 1 aromatic rings. The van der Waals surface area contributed by atoms with Crippen LogP contribution < -0.4 is 5.48 Å². The fourth-order valence-electron chi connectivity index (χ4n) is 1.28. The van der Waals surface area contributed by atoms with Crippen molar-refractivity contribution in [2.24, 2.45) is 0 Å². The smallest absolute Gasteiger partial charge is 0.141 e. The van der Waals surface area contributed by atoms with Gasteiger partial charge in [0.05, 0.1) is 11.6 Å². The summed E-state index contributed by atoms with van der Waals surface area (Å²) in [6, 6.07) is 3.67. The molecular formula is C11H15BrFNO. The van der Waals surface area contributed by atoms with Crippen molar-refractivity contribution in [3.05, 3.63) is 33.5 Å². The third kappa shape index (κ3) is 3.26. The van der Waals surface area contributed by atoms with Crippen LogP contribution in [0.4, 0.5) is 4.39 Å². The summed E-state index contributed by atoms with van der Waals surface area (Å²) in [5.41, 5.74) is 4.35. The van der Waals surface area contributed by atoms with Crippen LogP contribution in [0.1, 0.15) is 30.9 Å². The van der Waals surface area contributed by atoms with Crippen molar-refractivity contribution in [1.82, 2.24) is 5.48 Å². The number of benzene rings is 1. The lowest BCUT2D eigenvalue weighted by Crippen LogP contribution is -2.12. The summed E-state index contributed by atoms with van der Waals surface area (Å²) >= 11 is 3.21. The van der Waals surface area contributed by atoms with E-state index in [0.717, 1.165) is 5.56 Å². The van der Waals surface area contributed by atoms with Gasteiger partial charge in [-0.1, -0.05) is 19.9 Å². The third-order valence-corrected chi connectivity index (χ3v) is 2.78. The van der Waals surface area contributed by atoms with Gasteiger partial charge < -0.3 is 4.84 Å². The first-order chi connectivity index (χ1) is 7.06. The van der Waals surface area contributed by atoms with Crippen LogP contribution in [-0.2, 0) is 11.4 Å². The Bertz CT molecular complexity index is 342. The highest BCUT2D eigenvalue weighted by Gasteiger charge is 2.10. The topological polar surface area (TPSA) is 21.3 Å². The van der Waals surface area contributed by atoms with Gasteiger partial charge in [-0.3, -0.25) is 0 Å². The zero-order valence-corrected chi connectivity index (χ0v) is 10.7. The summed E-state index contributed by atoms with van der Waals surface area (Å²) in [7, 11) is 1.51. The number of halogens is 2. The van der Waals surface area contributed by atoms with Crippen LogP contribution in [0.3, 0.4) is 0 Å². The highest BCUT2D eigenvalue weighted by molar-refractivity contribution is 9.10. The molecule has 0 fully saturated rings. The quantitative estimate of drug-likeness (QED) is 0.851. The Labute approximate surface area is 97.9 Å². The van der Waals surface area contributed by atoms with E-state index >= 15 is 0 Å². The lowest BCUT2D eigenvalue weighted by Gasteiger charge is -2.11. The Morgan fingerprint density at radius 1 is 1.47 bits per heavy atom. The normalized spacial score (nSPS) is 11.1. The molecule has 0 spiro atoms. The minimum atomic E-state index is -0.232. The minimum Gasteiger partial charge on any atom is -0.305 e. The van der Waals surface area contributed by atoms with Crippen molar-refractivity contribution in [3.63, 3.8) is 0 Å². The molecule has 1 N–H and O–H groups in total. The van der Waals surface area contributed by atoms with Gasteiger partial charge in [-0.05, 0) is 33.5 Å². The first-order valence-corrected chi connectivity index (χ1v) is 5.59. The summed E-state index contributed by atoms with van der Waals surface area (Å²) < 4.78 is 14.1. The minimum absolute atomic E-state index is 0.232. The van der Waals surface area contributed by atoms with Gasteiger partial charge >= 0.3 is 0 Å². The average Bonchev–Trinajstić information content (AvgIpc) is 2.19. The maximum Gasteiger partial charge on any atom is 0.141 e. The molecule has 0 unspecified atom stereocenters. The van der Waals surface area contributed by atoms with Crippen LogP contribution in [0.25, 0.3) is 0 Å². The first kappa shape index (κ1) is 12.6. The molecule has 0 saturated carbocycles. The Hall–Kier alpha value is -0.450. The third-order valence-electron chi connectivity index (χ3n) is 2.20. The predicted octanol–water partition coefficient (Wildman–Crippen LogP) is 3.36. The highest BCUT2D eigenvalue weighted by Crippen LogP contribution is 2.25. The molecule has 0 aliphatic carbocycles. The van der Waals surface area contributed by atoms with E-state index in [-0.39, 0.29) is 5.82 Å². The molecule has 84 valence electrons. The summed E-state index contributed by atoms with van der Waals surface area (Å²) in [4.78, 5) is 4.71. The van der Waals surface area contributed by atoms with Gasteiger partial charge in [0, 0.05) is 12.1 Å². The maximum atomic E-state index is 13.6. The van der Waals surface area contributed by atoms with Crippen molar-refractivity contribution >= 4 is 15.9 Å². The second kappa shape index (κ2) is 5.58. The molecule has 4 heteroatoms. The summed E-state index contributed by atoms with van der Waals surface area (Å²) in [6.45, 7) is 4.52. The van der Waals surface area contributed by atoms with E-state index in [1.165, 1.54) is 7.11 Å². The zero-order valence-electron chi connectivity index (χ0n) is 9.10. The molecule has 0 radical (unpaired) electrons. The Kier molecular flexibility index (Phi) is 4.70. The van der Waals surface area contributed by atoms with Crippen molar-refractivity contribution in [3.8, 4) is 0 Å². The predicted molar refractivity (Wildman–Crippen MR) is 62.0 cm³/mol. The zero-order chi connectivity index (χ0) is 11.4. The molecule has 0 aromatic heterocycles. The number of hydrogen-bond acceptors (Lipinski definition) is 2. The number of hydrogen-bond donors (Lipinski definition) is 1. The van der Waals surface area contributed by atoms with Gasteiger partial charge in [-0.2, -0.15) is 5.48 Å². The standard InChI is InChI=1S/C11H15BrFNO/c1-7(2)8-4-9(6-14-15-3)11(13)10(12)5-8/h4-5,7,14H,6H2,1-3H3. The fraction of sp³-hybridized carbons (Fsp3) is 0.455. The molecule has 1 aromatic carbocycles. The van der Waals surface area contributed by atoms with E-state index in [4.69, 9.17) is 4.84 Å². The molecule has 0 bridgehead atoms. The van der Waals surface area contributed by atoms with Crippen molar-refractivity contribution in [2.45, 2.75) is 26.3 Å². The molecule has 0 aliphatic heterocycles. The van der Waals surface area contributed by atoms with Gasteiger partial charge in [0.2, 0.25) is 0 Å². The Morgan fingerprint density at radius 2 is 2.13 bits per heavy atom. The van der Waals surface area contributed by atoms with E-state index in [2.05, 4.69) is 35.3 Å². The first-order valence-electron chi connectivity index (χ1n) is 4.80. The van der Waals surface area contributed by atoms with Crippen LogP contribution in [0.2, 0.25) is 0 Å². The summed E-state index contributed by atoms with van der Waals surface area (Å²) in [5.74, 6) is 0.146. The molecule has 0 aliphatic rings. The molecule has 0 saturated heterocycles. The Balaban J connectivity index is 3.02. The van der Waals surface area contributed by atoms with Crippen LogP contribution >= 0.6 is 15.9 Å². The molecule has 0 amide bonds. The van der Waals surface area contributed by atoms with Crippen LogP contribution in [0.15, 0.2) is 16.6 Å². The largest absolute Gasteiger partial charge is 0.305 e. The monoisotopic (exact) mass is 275 g/mol. The van der Waals surface area contributed by atoms with Gasteiger partial charge in [-0.25, -0.2) is 4.39 Å². The molecule has 15 heavy (non-hydrogen) atoms. The van der Waals surface area contributed by atoms with Gasteiger partial charge in [0.15, 0.2) is 0 Å². The van der Waals surface area contributed by atoms with E-state index in [1.807, 2.05) is 12.1 Å². The summed E-state index contributed by atoms with van der Waals surface area (Å²) in [5, 5.41) is 0.